The van der Waals surface area contributed by atoms with E-state index < -0.39 is 17.1 Å². The Balaban J connectivity index is 1.77. The lowest BCUT2D eigenvalue weighted by molar-refractivity contribution is -0.122. The Hall–Kier alpha value is -4.00. The van der Waals surface area contributed by atoms with Gasteiger partial charge in [0.15, 0.2) is 0 Å². The van der Waals surface area contributed by atoms with E-state index in [2.05, 4.69) is 5.32 Å². The summed E-state index contributed by atoms with van der Waals surface area (Å²) >= 11 is 0. The predicted octanol–water partition coefficient (Wildman–Crippen LogP) is 3.17. The molecule has 0 radical (unpaired) electrons. The van der Waals surface area contributed by atoms with Crippen LogP contribution in [0.3, 0.4) is 0 Å². The maximum Gasteiger partial charge on any atom is 0.336 e. The lowest BCUT2D eigenvalue weighted by atomic mass is 10.1. The van der Waals surface area contributed by atoms with Gasteiger partial charge in [0.25, 0.3) is 5.56 Å². The van der Waals surface area contributed by atoms with Crippen molar-refractivity contribution in [3.8, 4) is 5.69 Å². The number of nitrogens with zero attached hydrogens (tertiary/aromatic N) is 2. The molecule has 0 bridgehead atoms. The second-order valence-electron chi connectivity index (χ2n) is 7.20. The highest BCUT2D eigenvalue weighted by atomic mass is 19.1. The molecule has 6 nitrogen and oxygen atoms in total. The molecule has 1 heterocycles. The summed E-state index contributed by atoms with van der Waals surface area (Å²) in [5.74, 6) is -0.847. The molecule has 3 aromatic carbocycles. The minimum absolute atomic E-state index is 0.231. The predicted molar refractivity (Wildman–Crippen MR) is 117 cm³/mol. The monoisotopic (exact) mass is 417 g/mol. The maximum absolute atomic E-state index is 13.3. The van der Waals surface area contributed by atoms with Crippen LogP contribution in [-0.4, -0.2) is 15.0 Å². The Morgan fingerprint density at radius 3 is 2.29 bits per heavy atom. The standard InChI is InChI=1S/C24H20FN3O3/c1-16(17-7-3-2-4-8-17)26-22(29)15-27-21-10-6-5-9-20(21)23(30)28(24(27)31)19-13-11-18(25)12-14-19/h2-14,16H,15H2,1H3,(H,26,29)/t16-/m0/s1. The number of para-hydroxylation sites is 1. The number of benzene rings is 3. The zero-order chi connectivity index (χ0) is 22.0. The minimum atomic E-state index is -0.669. The van der Waals surface area contributed by atoms with Crippen molar-refractivity contribution in [2.24, 2.45) is 0 Å². The molecule has 1 aromatic heterocycles. The molecular formula is C24H20FN3O3. The highest BCUT2D eigenvalue weighted by Gasteiger charge is 2.17. The summed E-state index contributed by atoms with van der Waals surface area (Å²) < 4.78 is 15.6. The lowest BCUT2D eigenvalue weighted by Gasteiger charge is -2.17. The average molecular weight is 417 g/mol. The second-order valence-corrected chi connectivity index (χ2v) is 7.20. The van der Waals surface area contributed by atoms with Crippen LogP contribution in [0.25, 0.3) is 16.6 Å². The van der Waals surface area contributed by atoms with Gasteiger partial charge in [-0.05, 0) is 48.9 Å². The number of aromatic nitrogens is 2. The van der Waals surface area contributed by atoms with Gasteiger partial charge in [0, 0.05) is 0 Å². The second kappa shape index (κ2) is 8.39. The molecule has 0 fully saturated rings. The summed E-state index contributed by atoms with van der Waals surface area (Å²) in [4.78, 5) is 39.0. The Kier molecular flexibility index (Phi) is 5.49. The number of halogens is 1. The van der Waals surface area contributed by atoms with Crippen LogP contribution >= 0.6 is 0 Å². The van der Waals surface area contributed by atoms with Crippen LogP contribution in [0.15, 0.2) is 88.5 Å². The Morgan fingerprint density at radius 2 is 1.58 bits per heavy atom. The van der Waals surface area contributed by atoms with Gasteiger partial charge in [-0.1, -0.05) is 42.5 Å². The first-order valence-electron chi connectivity index (χ1n) is 9.80. The van der Waals surface area contributed by atoms with Crippen molar-refractivity contribution in [2.75, 3.05) is 0 Å². The molecule has 7 heteroatoms. The molecule has 0 aliphatic heterocycles. The van der Waals surface area contributed by atoms with Crippen LogP contribution in [0.5, 0.6) is 0 Å². The summed E-state index contributed by atoms with van der Waals surface area (Å²) in [6.45, 7) is 1.59. The molecule has 31 heavy (non-hydrogen) atoms. The SMILES string of the molecule is C[C@H](NC(=O)Cn1c(=O)n(-c2ccc(F)cc2)c(=O)c2ccccc21)c1ccccc1. The van der Waals surface area contributed by atoms with Crippen LogP contribution in [-0.2, 0) is 11.3 Å². The van der Waals surface area contributed by atoms with E-state index in [4.69, 9.17) is 0 Å². The van der Waals surface area contributed by atoms with Crippen molar-refractivity contribution >= 4 is 16.8 Å². The number of carbonyl (C=O) groups is 1. The molecule has 0 saturated heterocycles. The van der Waals surface area contributed by atoms with E-state index in [-0.39, 0.29) is 29.6 Å². The summed E-state index contributed by atoms with van der Waals surface area (Å²) in [6.07, 6.45) is 0. The fourth-order valence-corrected chi connectivity index (χ4v) is 3.55. The van der Waals surface area contributed by atoms with E-state index in [0.29, 0.717) is 5.52 Å². The van der Waals surface area contributed by atoms with Gasteiger partial charge in [-0.2, -0.15) is 0 Å². The van der Waals surface area contributed by atoms with Gasteiger partial charge in [-0.3, -0.25) is 14.2 Å². The van der Waals surface area contributed by atoms with E-state index in [1.807, 2.05) is 37.3 Å². The topological polar surface area (TPSA) is 73.1 Å². The van der Waals surface area contributed by atoms with Crippen LogP contribution in [0.4, 0.5) is 4.39 Å². The quantitative estimate of drug-likeness (QED) is 0.542. The van der Waals surface area contributed by atoms with E-state index >= 15 is 0 Å². The third-order valence-corrected chi connectivity index (χ3v) is 5.11. The molecule has 1 N–H and O–H groups in total. The van der Waals surface area contributed by atoms with Crippen molar-refractivity contribution in [2.45, 2.75) is 19.5 Å². The van der Waals surface area contributed by atoms with Crippen LogP contribution < -0.4 is 16.6 Å². The normalized spacial score (nSPS) is 11.9. The first-order valence-corrected chi connectivity index (χ1v) is 9.80. The Morgan fingerprint density at radius 1 is 0.935 bits per heavy atom. The minimum Gasteiger partial charge on any atom is -0.348 e. The first-order chi connectivity index (χ1) is 15.0. The average Bonchev–Trinajstić information content (AvgIpc) is 2.78. The van der Waals surface area contributed by atoms with Crippen molar-refractivity contribution in [3.63, 3.8) is 0 Å². The molecule has 0 unspecified atom stereocenters. The summed E-state index contributed by atoms with van der Waals surface area (Å²) in [7, 11) is 0. The van der Waals surface area contributed by atoms with Gasteiger partial charge < -0.3 is 5.32 Å². The largest absolute Gasteiger partial charge is 0.348 e. The molecule has 0 aliphatic rings. The highest BCUT2D eigenvalue weighted by Crippen LogP contribution is 2.13. The molecule has 1 atom stereocenters. The van der Waals surface area contributed by atoms with Gasteiger partial charge in [-0.25, -0.2) is 13.8 Å². The molecule has 4 aromatic rings. The molecular weight excluding hydrogens is 397 g/mol. The number of hydrogen-bond donors (Lipinski definition) is 1. The first kappa shape index (κ1) is 20.3. The van der Waals surface area contributed by atoms with Gasteiger partial charge in [-0.15, -0.1) is 0 Å². The van der Waals surface area contributed by atoms with Crippen molar-refractivity contribution in [1.82, 2.24) is 14.5 Å². The highest BCUT2D eigenvalue weighted by molar-refractivity contribution is 5.82. The molecule has 0 spiro atoms. The van der Waals surface area contributed by atoms with Crippen molar-refractivity contribution in [1.29, 1.82) is 0 Å². The van der Waals surface area contributed by atoms with E-state index in [9.17, 15) is 18.8 Å². The van der Waals surface area contributed by atoms with Crippen molar-refractivity contribution in [3.05, 3.63) is 111 Å². The third kappa shape index (κ3) is 4.02. The molecule has 0 saturated carbocycles. The number of rotatable bonds is 5. The van der Waals surface area contributed by atoms with Gasteiger partial charge in [0.2, 0.25) is 5.91 Å². The number of fused-ring (bicyclic) bond motifs is 1. The van der Waals surface area contributed by atoms with Gasteiger partial charge in [0.05, 0.1) is 22.6 Å². The summed E-state index contributed by atoms with van der Waals surface area (Å²) in [5, 5.41) is 3.17. The Labute approximate surface area is 177 Å². The van der Waals surface area contributed by atoms with Crippen LogP contribution in [0, 0.1) is 5.82 Å². The van der Waals surface area contributed by atoms with Crippen molar-refractivity contribution < 1.29 is 9.18 Å². The number of carbonyl (C=O) groups excluding carboxylic acids is 1. The van der Waals surface area contributed by atoms with Crippen LogP contribution in [0.1, 0.15) is 18.5 Å². The maximum atomic E-state index is 13.3. The van der Waals surface area contributed by atoms with Gasteiger partial charge in [0.1, 0.15) is 12.4 Å². The van der Waals surface area contributed by atoms with E-state index in [1.54, 1.807) is 24.3 Å². The van der Waals surface area contributed by atoms with Gasteiger partial charge >= 0.3 is 5.69 Å². The summed E-state index contributed by atoms with van der Waals surface area (Å²) in [6, 6.07) is 20.9. The smallest absolute Gasteiger partial charge is 0.336 e. The molecule has 1 amide bonds. The van der Waals surface area contributed by atoms with E-state index in [1.165, 1.54) is 28.8 Å². The molecule has 4 rings (SSSR count). The number of nitrogens with one attached hydrogen (secondary N) is 1. The Bertz CT molecular complexity index is 1360. The molecule has 156 valence electrons. The fraction of sp³-hybridized carbons (Fsp3) is 0.125. The lowest BCUT2D eigenvalue weighted by Crippen LogP contribution is -2.42. The van der Waals surface area contributed by atoms with E-state index in [0.717, 1.165) is 10.1 Å². The molecule has 0 aliphatic carbocycles. The third-order valence-electron chi connectivity index (χ3n) is 5.11. The number of hydrogen-bond acceptors (Lipinski definition) is 3. The fourth-order valence-electron chi connectivity index (χ4n) is 3.55. The number of amides is 1. The zero-order valence-corrected chi connectivity index (χ0v) is 16.8. The van der Waals surface area contributed by atoms with Crippen LogP contribution in [0.2, 0.25) is 0 Å². The summed E-state index contributed by atoms with van der Waals surface area (Å²) in [5.41, 5.74) is 0.330. The zero-order valence-electron chi connectivity index (χ0n) is 16.8.